The summed E-state index contributed by atoms with van der Waals surface area (Å²) in [5, 5.41) is 3.70. The van der Waals surface area contributed by atoms with Crippen molar-refractivity contribution in [2.45, 2.75) is 50.3 Å². The van der Waals surface area contributed by atoms with Crippen LogP contribution in [0.25, 0.3) is 0 Å². The quantitative estimate of drug-likeness (QED) is 0.182. The Morgan fingerprint density at radius 2 is 1.05 bits per heavy atom. The van der Waals surface area contributed by atoms with Crippen LogP contribution in [0.3, 0.4) is 0 Å². The van der Waals surface area contributed by atoms with Crippen LogP contribution in [0.1, 0.15) is 22.3 Å². The standard InChI is InChI=1S/C36H39NO4/c1-2-36(28-38-24-29-15-7-3-8-16-29)35(41-27-32-21-13-6-14-22-32)34(40-26-31-19-11-5-12-20-31)33(23-37-36)39-25-30-17-9-4-10-18-30/h2-22,33-35,37H,1,23-28H2/t33-,34+,35-,36+/m0/s1. The van der Waals surface area contributed by atoms with E-state index >= 15 is 0 Å². The van der Waals surface area contributed by atoms with Crippen LogP contribution in [0.15, 0.2) is 134 Å². The number of nitrogens with one attached hydrogen (secondary N) is 1. The van der Waals surface area contributed by atoms with E-state index in [-0.39, 0.29) is 12.2 Å². The Kier molecular flexibility index (Phi) is 10.5. The van der Waals surface area contributed by atoms with E-state index in [0.717, 1.165) is 22.3 Å². The number of piperidine rings is 1. The summed E-state index contributed by atoms with van der Waals surface area (Å²) < 4.78 is 26.3. The van der Waals surface area contributed by atoms with Crippen molar-refractivity contribution in [2.24, 2.45) is 0 Å². The minimum atomic E-state index is -0.683. The second-order valence-corrected chi connectivity index (χ2v) is 10.4. The monoisotopic (exact) mass is 549 g/mol. The molecule has 0 saturated carbocycles. The van der Waals surface area contributed by atoms with Gasteiger partial charge in [-0.3, -0.25) is 0 Å². The Morgan fingerprint density at radius 1 is 0.610 bits per heavy atom. The Bertz CT molecular complexity index is 1300. The predicted molar refractivity (Wildman–Crippen MR) is 162 cm³/mol. The molecule has 1 heterocycles. The summed E-state index contributed by atoms with van der Waals surface area (Å²) in [6.45, 7) is 7.03. The first-order valence-electron chi connectivity index (χ1n) is 14.2. The van der Waals surface area contributed by atoms with Crippen molar-refractivity contribution in [1.82, 2.24) is 5.32 Å². The van der Waals surface area contributed by atoms with E-state index in [0.29, 0.717) is 39.6 Å². The summed E-state index contributed by atoms with van der Waals surface area (Å²) >= 11 is 0. The fourth-order valence-electron chi connectivity index (χ4n) is 5.18. The molecular formula is C36H39NO4. The Hall–Kier alpha value is -3.58. The molecule has 0 aromatic heterocycles. The highest BCUT2D eigenvalue weighted by molar-refractivity contribution is 5.20. The second-order valence-electron chi connectivity index (χ2n) is 10.4. The average Bonchev–Trinajstić information content (AvgIpc) is 3.04. The van der Waals surface area contributed by atoms with Crippen LogP contribution in [-0.4, -0.2) is 37.0 Å². The van der Waals surface area contributed by atoms with Gasteiger partial charge in [0.25, 0.3) is 0 Å². The third-order valence-electron chi connectivity index (χ3n) is 7.49. The number of hydrogen-bond acceptors (Lipinski definition) is 5. The number of hydrogen-bond donors (Lipinski definition) is 1. The molecule has 212 valence electrons. The third-order valence-corrected chi connectivity index (χ3v) is 7.49. The van der Waals surface area contributed by atoms with E-state index in [1.54, 1.807) is 0 Å². The van der Waals surface area contributed by atoms with E-state index in [1.165, 1.54) is 0 Å². The molecule has 1 fully saturated rings. The van der Waals surface area contributed by atoms with Crippen LogP contribution in [0.2, 0.25) is 0 Å². The van der Waals surface area contributed by atoms with Gasteiger partial charge in [-0.2, -0.15) is 0 Å². The minimum Gasteiger partial charge on any atom is -0.374 e. The van der Waals surface area contributed by atoms with E-state index in [1.807, 2.05) is 78.9 Å². The van der Waals surface area contributed by atoms with E-state index in [2.05, 4.69) is 60.4 Å². The maximum Gasteiger partial charge on any atom is 0.114 e. The molecule has 5 heteroatoms. The van der Waals surface area contributed by atoms with Crippen molar-refractivity contribution in [2.75, 3.05) is 13.2 Å². The Labute approximate surface area is 243 Å². The normalized spacial score (nSPS) is 22.3. The molecule has 5 rings (SSSR count). The first-order chi connectivity index (χ1) is 20.3. The minimum absolute atomic E-state index is 0.248. The molecule has 1 aliphatic rings. The van der Waals surface area contributed by atoms with Crippen molar-refractivity contribution < 1.29 is 18.9 Å². The second kappa shape index (κ2) is 14.9. The smallest absolute Gasteiger partial charge is 0.114 e. The molecular weight excluding hydrogens is 510 g/mol. The zero-order valence-corrected chi connectivity index (χ0v) is 23.4. The van der Waals surface area contributed by atoms with Gasteiger partial charge >= 0.3 is 0 Å². The van der Waals surface area contributed by atoms with Crippen LogP contribution in [0, 0.1) is 0 Å². The van der Waals surface area contributed by atoms with Gasteiger partial charge in [-0.25, -0.2) is 0 Å². The van der Waals surface area contributed by atoms with Gasteiger partial charge in [0.15, 0.2) is 0 Å². The third kappa shape index (κ3) is 8.00. The summed E-state index contributed by atoms with van der Waals surface area (Å²) in [7, 11) is 0. The van der Waals surface area contributed by atoms with Crippen molar-refractivity contribution in [1.29, 1.82) is 0 Å². The highest BCUT2D eigenvalue weighted by Gasteiger charge is 2.50. The summed E-state index contributed by atoms with van der Waals surface area (Å²) in [6.07, 6.45) is 0.873. The van der Waals surface area contributed by atoms with E-state index < -0.39 is 11.6 Å². The van der Waals surface area contributed by atoms with Gasteiger partial charge in [0.1, 0.15) is 12.2 Å². The Balaban J connectivity index is 1.40. The fourth-order valence-corrected chi connectivity index (χ4v) is 5.18. The zero-order chi connectivity index (χ0) is 28.2. The van der Waals surface area contributed by atoms with Gasteiger partial charge < -0.3 is 24.3 Å². The topological polar surface area (TPSA) is 49.0 Å². The highest BCUT2D eigenvalue weighted by Crippen LogP contribution is 2.31. The fraction of sp³-hybridized carbons (Fsp3) is 0.278. The van der Waals surface area contributed by atoms with Crippen LogP contribution in [0.5, 0.6) is 0 Å². The van der Waals surface area contributed by atoms with Crippen molar-refractivity contribution in [3.8, 4) is 0 Å². The van der Waals surface area contributed by atoms with Crippen molar-refractivity contribution in [3.05, 3.63) is 156 Å². The molecule has 0 unspecified atom stereocenters. The van der Waals surface area contributed by atoms with Gasteiger partial charge in [0, 0.05) is 6.54 Å². The van der Waals surface area contributed by atoms with Crippen LogP contribution >= 0.6 is 0 Å². The molecule has 41 heavy (non-hydrogen) atoms. The molecule has 0 aliphatic carbocycles. The lowest BCUT2D eigenvalue weighted by Gasteiger charge is -2.49. The lowest BCUT2D eigenvalue weighted by Crippen LogP contribution is -2.70. The van der Waals surface area contributed by atoms with Crippen LogP contribution in [-0.2, 0) is 45.4 Å². The number of ether oxygens (including phenoxy) is 4. The predicted octanol–water partition coefficient (Wildman–Crippen LogP) is 6.49. The van der Waals surface area contributed by atoms with Crippen LogP contribution < -0.4 is 5.32 Å². The van der Waals surface area contributed by atoms with Gasteiger partial charge in [0.2, 0.25) is 0 Å². The molecule has 0 bridgehead atoms. The SMILES string of the molecule is C=C[C@]1(COCc2ccccc2)NC[C@H](OCc2ccccc2)[C@@H](OCc2ccccc2)[C@@H]1OCc1ccccc1. The molecule has 4 atom stereocenters. The molecule has 4 aromatic rings. The number of rotatable bonds is 14. The average molecular weight is 550 g/mol. The molecule has 1 saturated heterocycles. The largest absolute Gasteiger partial charge is 0.374 e. The lowest BCUT2D eigenvalue weighted by atomic mass is 9.82. The summed E-state index contributed by atoms with van der Waals surface area (Å²) in [6, 6.07) is 40.8. The first kappa shape index (κ1) is 28.9. The van der Waals surface area contributed by atoms with Gasteiger partial charge in [-0.15, -0.1) is 6.58 Å². The summed E-state index contributed by atoms with van der Waals surface area (Å²) in [5.74, 6) is 0. The molecule has 1 aliphatic heterocycles. The van der Waals surface area contributed by atoms with Gasteiger partial charge in [-0.05, 0) is 22.3 Å². The maximum absolute atomic E-state index is 6.74. The van der Waals surface area contributed by atoms with E-state index in [9.17, 15) is 0 Å². The Morgan fingerprint density at radius 3 is 1.54 bits per heavy atom. The van der Waals surface area contributed by atoms with Crippen LogP contribution in [0.4, 0.5) is 0 Å². The maximum atomic E-state index is 6.74. The number of benzene rings is 4. The molecule has 0 radical (unpaired) electrons. The molecule has 4 aromatic carbocycles. The molecule has 0 amide bonds. The molecule has 0 spiro atoms. The van der Waals surface area contributed by atoms with Crippen molar-refractivity contribution in [3.63, 3.8) is 0 Å². The van der Waals surface area contributed by atoms with Crippen molar-refractivity contribution >= 4 is 0 Å². The highest BCUT2D eigenvalue weighted by atomic mass is 16.6. The lowest BCUT2D eigenvalue weighted by molar-refractivity contribution is -0.195. The zero-order valence-electron chi connectivity index (χ0n) is 23.4. The first-order valence-corrected chi connectivity index (χ1v) is 14.2. The van der Waals surface area contributed by atoms with Gasteiger partial charge in [-0.1, -0.05) is 127 Å². The van der Waals surface area contributed by atoms with E-state index in [4.69, 9.17) is 18.9 Å². The summed E-state index contributed by atoms with van der Waals surface area (Å²) in [5.41, 5.74) is 3.73. The molecule has 1 N–H and O–H groups in total. The van der Waals surface area contributed by atoms with Gasteiger partial charge in [0.05, 0.1) is 44.7 Å². The summed E-state index contributed by atoms with van der Waals surface area (Å²) in [4.78, 5) is 0. The molecule has 5 nitrogen and oxygen atoms in total.